The number of primary amides is 1. The third-order valence-electron chi connectivity index (χ3n) is 0.680. The lowest BCUT2D eigenvalue weighted by atomic mass is 10.4. The average Bonchev–Trinajstić information content (AvgIpc) is 1.89. The van der Waals surface area contributed by atoms with E-state index < -0.39 is 5.91 Å². The lowest BCUT2D eigenvalue weighted by Gasteiger charge is -1.86. The van der Waals surface area contributed by atoms with Gasteiger partial charge in [-0.05, 0) is 5.80 Å². The zero-order valence-corrected chi connectivity index (χ0v) is 6.16. The fourth-order valence-corrected chi connectivity index (χ4v) is 0.397. The monoisotopic (exact) mass is 155 g/mol. The number of aliphatic imine (C=N–C) groups is 1. The molecule has 0 saturated carbocycles. The molecule has 0 rings (SSSR count). The van der Waals surface area contributed by atoms with Crippen molar-refractivity contribution in [2.75, 3.05) is 6.54 Å². The van der Waals surface area contributed by atoms with E-state index in [1.807, 2.05) is 0 Å². The molecule has 1 amide bonds. The summed E-state index contributed by atoms with van der Waals surface area (Å²) in [6, 6.07) is 1.57. The number of nitrogens with two attached hydrogens (primary N) is 1. The number of nitriles is 1. The second-order valence-electron chi connectivity index (χ2n) is 1.37. The number of hydrogen-bond donors (Lipinski definition) is 1. The molecule has 0 saturated heterocycles. The van der Waals surface area contributed by atoms with Crippen LogP contribution < -0.4 is 5.73 Å². The molecule has 0 aromatic heterocycles. The summed E-state index contributed by atoms with van der Waals surface area (Å²) in [6.07, 6.45) is 0. The number of carbonyl (C=O) groups is 1. The molecule has 0 aromatic carbocycles. The number of carbonyl (C=O) groups excluding carboxylic acids is 1. The molecule has 0 radical (unpaired) electrons. The van der Waals surface area contributed by atoms with E-state index in [0.29, 0.717) is 0 Å². The van der Waals surface area contributed by atoms with Crippen molar-refractivity contribution in [3.8, 4) is 6.07 Å². The van der Waals surface area contributed by atoms with Crippen molar-refractivity contribution in [3.05, 3.63) is 0 Å². The Morgan fingerprint density at radius 3 is 2.80 bits per heavy atom. The Kier molecular flexibility index (Phi) is 4.10. The first kappa shape index (κ1) is 8.80. The van der Waals surface area contributed by atoms with Crippen molar-refractivity contribution in [1.82, 2.24) is 0 Å². The first-order valence-corrected chi connectivity index (χ1v) is 3.03. The van der Waals surface area contributed by atoms with Gasteiger partial charge >= 0.3 is 0 Å². The van der Waals surface area contributed by atoms with Gasteiger partial charge in [-0.3, -0.25) is 9.79 Å². The van der Waals surface area contributed by atoms with Gasteiger partial charge < -0.3 is 5.73 Å². The van der Waals surface area contributed by atoms with Crippen molar-refractivity contribution in [2.24, 2.45) is 10.7 Å². The molecular weight excluding hydrogens is 149 g/mol. The minimum absolute atomic E-state index is 0.255. The number of hydrogen-bond acceptors (Lipinski definition) is 3. The molecule has 0 unspecified atom stereocenters. The molecule has 0 bridgehead atoms. The van der Waals surface area contributed by atoms with Gasteiger partial charge in [-0.2, -0.15) is 5.26 Å². The summed E-state index contributed by atoms with van der Waals surface area (Å²) in [6.45, 7) is 0.267. The third-order valence-corrected chi connectivity index (χ3v) is 0.863. The summed E-state index contributed by atoms with van der Waals surface area (Å²) < 4.78 is 0. The SMILES string of the molecule is N#CC(=NCC=P)C(N)=O. The maximum absolute atomic E-state index is 10.3. The topological polar surface area (TPSA) is 79.2 Å². The zero-order valence-electron chi connectivity index (χ0n) is 5.16. The Balaban J connectivity index is 4.22. The molecule has 0 heterocycles. The highest BCUT2D eigenvalue weighted by Gasteiger charge is 2.02. The molecule has 4 nitrogen and oxygen atoms in total. The second-order valence-corrected chi connectivity index (χ2v) is 1.78. The van der Waals surface area contributed by atoms with E-state index in [4.69, 9.17) is 11.0 Å². The Bertz CT molecular complexity index is 215. The van der Waals surface area contributed by atoms with Crippen molar-refractivity contribution < 1.29 is 4.79 Å². The molecule has 0 aliphatic rings. The highest BCUT2D eigenvalue weighted by Crippen LogP contribution is 1.75. The van der Waals surface area contributed by atoms with Crippen molar-refractivity contribution in [2.45, 2.75) is 0 Å². The lowest BCUT2D eigenvalue weighted by molar-refractivity contribution is -0.111. The molecule has 2 N–H and O–H groups in total. The number of amides is 1. The molecule has 52 valence electrons. The Morgan fingerprint density at radius 1 is 1.90 bits per heavy atom. The molecule has 0 atom stereocenters. The summed E-state index contributed by atoms with van der Waals surface area (Å²) >= 11 is 0. The summed E-state index contributed by atoms with van der Waals surface area (Å²) in [5.74, 6) is 0.733. The van der Waals surface area contributed by atoms with Crippen LogP contribution in [0.25, 0.3) is 0 Å². The van der Waals surface area contributed by atoms with Gasteiger partial charge in [0.2, 0.25) is 5.71 Å². The standard InChI is InChI=1S/C5H6N3OP/c6-3-4(5(7)9)8-1-2-10/h2,10H,1H2,(H2,7,9). The minimum Gasteiger partial charge on any atom is -0.364 e. The van der Waals surface area contributed by atoms with E-state index in [1.54, 1.807) is 6.07 Å². The molecule has 5 heteroatoms. The number of nitrogens with zero attached hydrogens (tertiary/aromatic N) is 2. The van der Waals surface area contributed by atoms with E-state index in [-0.39, 0.29) is 12.3 Å². The van der Waals surface area contributed by atoms with Crippen LogP contribution >= 0.6 is 8.86 Å². The van der Waals surface area contributed by atoms with Gasteiger partial charge in [-0.1, -0.05) is 0 Å². The van der Waals surface area contributed by atoms with Gasteiger partial charge in [0.1, 0.15) is 6.07 Å². The summed E-state index contributed by atoms with van der Waals surface area (Å²) in [5, 5.41) is 8.21. The van der Waals surface area contributed by atoms with Crippen LogP contribution in [0.4, 0.5) is 0 Å². The Morgan fingerprint density at radius 2 is 2.50 bits per heavy atom. The molecule has 0 aliphatic carbocycles. The summed E-state index contributed by atoms with van der Waals surface area (Å²) in [4.78, 5) is 13.8. The zero-order chi connectivity index (χ0) is 7.98. The molecule has 0 aliphatic heterocycles. The quantitative estimate of drug-likeness (QED) is 0.435. The van der Waals surface area contributed by atoms with Crippen LogP contribution in [0.3, 0.4) is 0 Å². The summed E-state index contributed by atoms with van der Waals surface area (Å²) in [5.41, 5.74) is 4.51. The molecule has 10 heavy (non-hydrogen) atoms. The highest BCUT2D eigenvalue weighted by molar-refractivity contribution is 7.18. The maximum atomic E-state index is 10.3. The van der Waals surface area contributed by atoms with Gasteiger partial charge in [0.25, 0.3) is 5.91 Å². The van der Waals surface area contributed by atoms with Crippen molar-refractivity contribution in [3.63, 3.8) is 0 Å². The Labute approximate surface area is 60.6 Å². The van der Waals surface area contributed by atoms with Crippen LogP contribution in [0.15, 0.2) is 4.99 Å². The van der Waals surface area contributed by atoms with Gasteiger partial charge in [-0.15, -0.1) is 8.86 Å². The van der Waals surface area contributed by atoms with E-state index >= 15 is 0 Å². The fourth-order valence-electron chi connectivity index (χ4n) is 0.305. The van der Waals surface area contributed by atoms with E-state index in [9.17, 15) is 4.79 Å². The predicted octanol–water partition coefficient (Wildman–Crippen LogP) is -0.619. The predicted molar refractivity (Wildman–Crippen MR) is 41.5 cm³/mol. The molecular formula is C5H6N3OP. The second kappa shape index (κ2) is 4.66. The molecule has 0 spiro atoms. The van der Waals surface area contributed by atoms with Crippen LogP contribution in [-0.2, 0) is 4.79 Å². The van der Waals surface area contributed by atoms with Crippen LogP contribution in [0, 0.1) is 11.3 Å². The van der Waals surface area contributed by atoms with Crippen LogP contribution in [0.5, 0.6) is 0 Å². The molecule has 0 aromatic rings. The van der Waals surface area contributed by atoms with Crippen molar-refractivity contribution >= 4 is 26.3 Å². The third kappa shape index (κ3) is 2.95. The van der Waals surface area contributed by atoms with Crippen LogP contribution in [0.2, 0.25) is 0 Å². The summed E-state index contributed by atoms with van der Waals surface area (Å²) in [7, 11) is 3.01. The first-order valence-electron chi connectivity index (χ1n) is 2.45. The van der Waals surface area contributed by atoms with Crippen molar-refractivity contribution in [1.29, 1.82) is 5.26 Å². The highest BCUT2D eigenvalue weighted by atomic mass is 31.0. The average molecular weight is 155 g/mol. The van der Waals surface area contributed by atoms with Gasteiger partial charge in [0.05, 0.1) is 6.54 Å². The van der Waals surface area contributed by atoms with Gasteiger partial charge in [0, 0.05) is 0 Å². The first-order chi connectivity index (χ1) is 4.72. The van der Waals surface area contributed by atoms with E-state index in [1.165, 1.54) is 5.80 Å². The normalized spacial score (nSPS) is 10.1. The number of rotatable bonds is 3. The van der Waals surface area contributed by atoms with Gasteiger partial charge in [0.15, 0.2) is 0 Å². The van der Waals surface area contributed by atoms with E-state index in [0.717, 1.165) is 0 Å². The minimum atomic E-state index is -0.795. The fraction of sp³-hybridized carbons (Fsp3) is 0.200. The van der Waals surface area contributed by atoms with Crippen LogP contribution in [-0.4, -0.2) is 24.0 Å². The lowest BCUT2D eigenvalue weighted by Crippen LogP contribution is -2.22. The van der Waals surface area contributed by atoms with E-state index in [2.05, 4.69) is 13.9 Å². The largest absolute Gasteiger partial charge is 0.364 e. The maximum Gasteiger partial charge on any atom is 0.277 e. The van der Waals surface area contributed by atoms with Gasteiger partial charge in [-0.25, -0.2) is 0 Å². The molecule has 0 fully saturated rings. The Hall–Kier alpha value is -1.20. The van der Waals surface area contributed by atoms with Crippen LogP contribution in [0.1, 0.15) is 0 Å². The smallest absolute Gasteiger partial charge is 0.277 e.